The SMILES string of the molecule is CN(Cc1ccc(Br)o1)C(=O)NCC1CCN(c2cccc(Br)c2)C1. The quantitative estimate of drug-likeness (QED) is 0.701. The minimum atomic E-state index is -0.0755. The summed E-state index contributed by atoms with van der Waals surface area (Å²) in [6, 6.07) is 12.0. The Balaban J connectivity index is 1.45. The first-order chi connectivity index (χ1) is 12.0. The molecule has 1 aliphatic heterocycles. The third-order valence-electron chi connectivity index (χ3n) is 4.37. The number of halogens is 2. The lowest BCUT2D eigenvalue weighted by Crippen LogP contribution is -2.39. The van der Waals surface area contributed by atoms with E-state index in [1.807, 2.05) is 18.2 Å². The first kappa shape index (κ1) is 18.3. The van der Waals surface area contributed by atoms with Gasteiger partial charge in [-0.2, -0.15) is 0 Å². The standard InChI is InChI=1S/C18H21Br2N3O2/c1-22(12-16-5-6-17(20)25-16)18(24)21-10-13-7-8-23(11-13)15-4-2-3-14(19)9-15/h2-6,9,13H,7-8,10-12H2,1H3,(H,21,24). The summed E-state index contributed by atoms with van der Waals surface area (Å²) >= 11 is 6.79. The van der Waals surface area contributed by atoms with Gasteiger partial charge in [-0.15, -0.1) is 0 Å². The molecule has 0 aliphatic carbocycles. The zero-order valence-corrected chi connectivity index (χ0v) is 17.2. The summed E-state index contributed by atoms with van der Waals surface area (Å²) in [5, 5.41) is 3.03. The van der Waals surface area contributed by atoms with Crippen molar-refractivity contribution in [2.45, 2.75) is 13.0 Å². The van der Waals surface area contributed by atoms with E-state index in [1.54, 1.807) is 11.9 Å². The lowest BCUT2D eigenvalue weighted by atomic mass is 10.1. The second-order valence-electron chi connectivity index (χ2n) is 6.33. The highest BCUT2D eigenvalue weighted by atomic mass is 79.9. The zero-order chi connectivity index (χ0) is 17.8. The van der Waals surface area contributed by atoms with Crippen molar-refractivity contribution in [3.05, 3.63) is 51.3 Å². The van der Waals surface area contributed by atoms with Gasteiger partial charge in [0.15, 0.2) is 4.67 Å². The summed E-state index contributed by atoms with van der Waals surface area (Å²) in [5.74, 6) is 1.22. The molecule has 0 saturated carbocycles. The molecule has 2 aromatic rings. The van der Waals surface area contributed by atoms with Crippen LogP contribution in [0.25, 0.3) is 0 Å². The molecule has 1 saturated heterocycles. The van der Waals surface area contributed by atoms with Crippen molar-refractivity contribution in [3.63, 3.8) is 0 Å². The van der Waals surface area contributed by atoms with Gasteiger partial charge in [-0.1, -0.05) is 22.0 Å². The van der Waals surface area contributed by atoms with E-state index >= 15 is 0 Å². The molecule has 1 aromatic heterocycles. The first-order valence-corrected chi connectivity index (χ1v) is 9.83. The van der Waals surface area contributed by atoms with E-state index in [2.05, 4.69) is 60.3 Å². The van der Waals surface area contributed by atoms with E-state index in [-0.39, 0.29) is 6.03 Å². The molecular weight excluding hydrogens is 450 g/mol. The van der Waals surface area contributed by atoms with E-state index in [1.165, 1.54) is 5.69 Å². The molecule has 2 amide bonds. The van der Waals surface area contributed by atoms with Crippen LogP contribution in [0, 0.1) is 5.92 Å². The van der Waals surface area contributed by atoms with E-state index < -0.39 is 0 Å². The number of amides is 2. The largest absolute Gasteiger partial charge is 0.452 e. The summed E-state index contributed by atoms with van der Waals surface area (Å²) < 4.78 is 7.21. The molecule has 1 fully saturated rings. The number of carbonyl (C=O) groups is 1. The van der Waals surface area contributed by atoms with Gasteiger partial charge < -0.3 is 19.5 Å². The van der Waals surface area contributed by atoms with E-state index in [0.29, 0.717) is 23.7 Å². The maximum Gasteiger partial charge on any atom is 0.317 e. The Labute approximate surface area is 164 Å². The van der Waals surface area contributed by atoms with Gasteiger partial charge in [0.1, 0.15) is 5.76 Å². The van der Waals surface area contributed by atoms with Crippen LogP contribution >= 0.6 is 31.9 Å². The number of urea groups is 1. The van der Waals surface area contributed by atoms with Crippen LogP contribution in [-0.2, 0) is 6.54 Å². The fraction of sp³-hybridized carbons (Fsp3) is 0.389. The highest BCUT2D eigenvalue weighted by Gasteiger charge is 2.23. The second-order valence-corrected chi connectivity index (χ2v) is 8.03. The molecule has 2 heterocycles. The van der Waals surface area contributed by atoms with Gasteiger partial charge >= 0.3 is 6.03 Å². The van der Waals surface area contributed by atoms with Crippen molar-refractivity contribution >= 4 is 43.6 Å². The Hall–Kier alpha value is -1.47. The Morgan fingerprint density at radius 3 is 2.92 bits per heavy atom. The van der Waals surface area contributed by atoms with Gasteiger partial charge in [0.25, 0.3) is 0 Å². The van der Waals surface area contributed by atoms with E-state index in [4.69, 9.17) is 4.42 Å². The van der Waals surface area contributed by atoms with Crippen molar-refractivity contribution in [1.29, 1.82) is 0 Å². The zero-order valence-electron chi connectivity index (χ0n) is 14.0. The molecule has 1 atom stereocenters. The summed E-state index contributed by atoms with van der Waals surface area (Å²) in [4.78, 5) is 16.2. The summed E-state index contributed by atoms with van der Waals surface area (Å²) in [7, 11) is 1.77. The molecule has 25 heavy (non-hydrogen) atoms. The molecule has 5 nitrogen and oxygen atoms in total. The van der Waals surface area contributed by atoms with Crippen molar-refractivity contribution in [1.82, 2.24) is 10.2 Å². The maximum absolute atomic E-state index is 12.2. The topological polar surface area (TPSA) is 48.7 Å². The Kier molecular flexibility index (Phi) is 6.06. The minimum absolute atomic E-state index is 0.0755. The van der Waals surface area contributed by atoms with Crippen LogP contribution < -0.4 is 10.2 Å². The first-order valence-electron chi connectivity index (χ1n) is 8.25. The van der Waals surface area contributed by atoms with Crippen molar-refractivity contribution < 1.29 is 9.21 Å². The van der Waals surface area contributed by atoms with Gasteiger partial charge in [0.2, 0.25) is 0 Å². The summed E-state index contributed by atoms with van der Waals surface area (Å²) in [6.07, 6.45) is 1.08. The van der Waals surface area contributed by atoms with Crippen molar-refractivity contribution in [3.8, 4) is 0 Å². The van der Waals surface area contributed by atoms with E-state index in [0.717, 1.165) is 29.7 Å². The fourth-order valence-corrected chi connectivity index (χ4v) is 3.74. The van der Waals surface area contributed by atoms with Crippen molar-refractivity contribution in [2.24, 2.45) is 5.92 Å². The van der Waals surface area contributed by atoms with E-state index in [9.17, 15) is 4.79 Å². The van der Waals surface area contributed by atoms with Gasteiger partial charge in [0, 0.05) is 36.8 Å². The number of nitrogens with one attached hydrogen (secondary N) is 1. The number of hydrogen-bond donors (Lipinski definition) is 1. The normalized spacial score (nSPS) is 16.9. The fourth-order valence-electron chi connectivity index (χ4n) is 3.02. The molecule has 1 aliphatic rings. The van der Waals surface area contributed by atoms with Gasteiger partial charge in [-0.3, -0.25) is 0 Å². The Bertz CT molecular complexity index is 735. The monoisotopic (exact) mass is 469 g/mol. The summed E-state index contributed by atoms with van der Waals surface area (Å²) in [6.45, 7) is 3.13. The average molecular weight is 471 g/mol. The van der Waals surface area contributed by atoms with Crippen LogP contribution in [0.15, 0.2) is 50.0 Å². The maximum atomic E-state index is 12.2. The third-order valence-corrected chi connectivity index (χ3v) is 5.29. The lowest BCUT2D eigenvalue weighted by Gasteiger charge is -2.20. The highest BCUT2D eigenvalue weighted by molar-refractivity contribution is 9.10. The lowest BCUT2D eigenvalue weighted by molar-refractivity contribution is 0.201. The van der Waals surface area contributed by atoms with Crippen LogP contribution in [0.4, 0.5) is 10.5 Å². The Morgan fingerprint density at radius 1 is 1.36 bits per heavy atom. The van der Waals surface area contributed by atoms with Crippen molar-refractivity contribution in [2.75, 3.05) is 31.6 Å². The third kappa shape index (κ3) is 5.01. The number of benzene rings is 1. The van der Waals surface area contributed by atoms with Crippen LogP contribution in [0.2, 0.25) is 0 Å². The van der Waals surface area contributed by atoms with Crippen LogP contribution in [0.1, 0.15) is 12.2 Å². The predicted octanol–water partition coefficient (Wildman–Crippen LogP) is 4.47. The second kappa shape index (κ2) is 8.27. The number of anilines is 1. The van der Waals surface area contributed by atoms with Crippen LogP contribution in [0.3, 0.4) is 0 Å². The van der Waals surface area contributed by atoms with Crippen LogP contribution in [-0.4, -0.2) is 37.6 Å². The molecule has 134 valence electrons. The van der Waals surface area contributed by atoms with Gasteiger partial charge in [-0.05, 0) is 58.6 Å². The molecule has 0 bridgehead atoms. The number of rotatable bonds is 5. The van der Waals surface area contributed by atoms with Gasteiger partial charge in [0.05, 0.1) is 6.54 Å². The molecule has 1 N–H and O–H groups in total. The molecule has 0 spiro atoms. The van der Waals surface area contributed by atoms with Crippen LogP contribution in [0.5, 0.6) is 0 Å². The smallest absolute Gasteiger partial charge is 0.317 e. The number of hydrogen-bond acceptors (Lipinski definition) is 3. The number of furan rings is 1. The minimum Gasteiger partial charge on any atom is -0.452 e. The number of carbonyl (C=O) groups excluding carboxylic acids is 1. The Morgan fingerprint density at radius 2 is 2.20 bits per heavy atom. The molecule has 1 unspecified atom stereocenters. The summed E-state index contributed by atoms with van der Waals surface area (Å²) in [5.41, 5.74) is 1.23. The number of nitrogens with zero attached hydrogens (tertiary/aromatic N) is 2. The molecule has 1 aromatic carbocycles. The van der Waals surface area contributed by atoms with Gasteiger partial charge in [-0.25, -0.2) is 4.79 Å². The molecular formula is C18H21Br2N3O2. The molecule has 0 radical (unpaired) electrons. The molecule has 3 rings (SSSR count). The average Bonchev–Trinajstić information content (AvgIpc) is 3.21. The molecule has 7 heteroatoms. The predicted molar refractivity (Wildman–Crippen MR) is 106 cm³/mol. The highest BCUT2D eigenvalue weighted by Crippen LogP contribution is 2.26.